The fourth-order valence-corrected chi connectivity index (χ4v) is 4.66. The average molecular weight is 509 g/mol. The minimum Gasteiger partial charge on any atom is -0.354 e. The molecule has 10 heteroatoms. The zero-order chi connectivity index (χ0) is 25.3. The van der Waals surface area contributed by atoms with Crippen molar-refractivity contribution in [2.75, 3.05) is 31.5 Å². The largest absolute Gasteiger partial charge is 0.354 e. The zero-order valence-electron chi connectivity index (χ0n) is 20.1. The number of para-hydroxylation sites is 1. The second kappa shape index (κ2) is 12.7. The Balaban J connectivity index is 2.47. The second-order valence-corrected chi connectivity index (χ2v) is 10.4. The lowest BCUT2D eigenvalue weighted by Gasteiger charge is -2.34. The number of carbonyl (C=O) groups is 2. The van der Waals surface area contributed by atoms with Gasteiger partial charge in [0, 0.05) is 32.2 Å². The SMILES string of the molecule is CCCNC(=O)[C@H](CC)N(Cc1ccccc1Cl)C(=O)CN(c1ccccc1)S(=O)(=O)N(C)C. The number of halogens is 1. The van der Waals surface area contributed by atoms with Crippen LogP contribution in [0.2, 0.25) is 5.02 Å². The minimum atomic E-state index is -3.98. The van der Waals surface area contributed by atoms with Crippen LogP contribution < -0.4 is 9.62 Å². The van der Waals surface area contributed by atoms with E-state index in [2.05, 4.69) is 5.32 Å². The van der Waals surface area contributed by atoms with Crippen molar-refractivity contribution in [1.82, 2.24) is 14.5 Å². The van der Waals surface area contributed by atoms with Crippen molar-refractivity contribution in [3.05, 3.63) is 65.2 Å². The number of anilines is 1. The van der Waals surface area contributed by atoms with Crippen molar-refractivity contribution in [3.8, 4) is 0 Å². The molecule has 2 aromatic rings. The molecular weight excluding hydrogens is 476 g/mol. The highest BCUT2D eigenvalue weighted by molar-refractivity contribution is 7.90. The molecule has 0 aromatic heterocycles. The van der Waals surface area contributed by atoms with Crippen LogP contribution in [0.3, 0.4) is 0 Å². The van der Waals surface area contributed by atoms with Gasteiger partial charge in [-0.05, 0) is 36.6 Å². The quantitative estimate of drug-likeness (QED) is 0.476. The van der Waals surface area contributed by atoms with Crippen LogP contribution in [0.4, 0.5) is 5.69 Å². The maximum Gasteiger partial charge on any atom is 0.304 e. The first-order valence-electron chi connectivity index (χ1n) is 11.2. The molecule has 0 unspecified atom stereocenters. The van der Waals surface area contributed by atoms with E-state index in [-0.39, 0.29) is 12.5 Å². The average Bonchev–Trinajstić information content (AvgIpc) is 2.82. The van der Waals surface area contributed by atoms with Crippen LogP contribution in [-0.4, -0.2) is 62.7 Å². The van der Waals surface area contributed by atoms with Gasteiger partial charge < -0.3 is 10.2 Å². The molecule has 8 nitrogen and oxygen atoms in total. The number of benzene rings is 2. The molecule has 0 saturated heterocycles. The van der Waals surface area contributed by atoms with Crippen molar-refractivity contribution in [2.24, 2.45) is 0 Å². The zero-order valence-corrected chi connectivity index (χ0v) is 21.6. The molecule has 2 amide bonds. The number of rotatable bonds is 12. The van der Waals surface area contributed by atoms with Gasteiger partial charge in [-0.3, -0.25) is 9.59 Å². The highest BCUT2D eigenvalue weighted by Crippen LogP contribution is 2.23. The first-order valence-corrected chi connectivity index (χ1v) is 13.0. The molecule has 34 heavy (non-hydrogen) atoms. The van der Waals surface area contributed by atoms with Gasteiger partial charge in [0.1, 0.15) is 12.6 Å². The molecule has 2 rings (SSSR count). The fourth-order valence-electron chi connectivity index (χ4n) is 3.41. The number of nitrogens with zero attached hydrogens (tertiary/aromatic N) is 3. The maximum atomic E-state index is 13.7. The van der Waals surface area contributed by atoms with E-state index < -0.39 is 28.7 Å². The van der Waals surface area contributed by atoms with Crippen molar-refractivity contribution in [3.63, 3.8) is 0 Å². The maximum absolute atomic E-state index is 13.7. The molecule has 0 aliphatic carbocycles. The summed E-state index contributed by atoms with van der Waals surface area (Å²) in [5.41, 5.74) is 1.02. The molecule has 0 aliphatic rings. The third-order valence-corrected chi connectivity index (χ3v) is 7.49. The Kier molecular flexibility index (Phi) is 10.3. The molecule has 0 saturated carbocycles. The predicted molar refractivity (Wildman–Crippen MR) is 136 cm³/mol. The summed E-state index contributed by atoms with van der Waals surface area (Å²) in [6, 6.07) is 14.7. The van der Waals surface area contributed by atoms with Crippen molar-refractivity contribution >= 4 is 39.3 Å². The van der Waals surface area contributed by atoms with E-state index in [1.807, 2.05) is 13.8 Å². The first-order chi connectivity index (χ1) is 16.1. The number of carbonyl (C=O) groups excluding carboxylic acids is 2. The summed E-state index contributed by atoms with van der Waals surface area (Å²) >= 11 is 6.35. The van der Waals surface area contributed by atoms with E-state index in [9.17, 15) is 18.0 Å². The van der Waals surface area contributed by atoms with Crippen LogP contribution in [0.1, 0.15) is 32.3 Å². The van der Waals surface area contributed by atoms with Crippen molar-refractivity contribution in [1.29, 1.82) is 0 Å². The Morgan fingerprint density at radius 2 is 1.62 bits per heavy atom. The Hall–Kier alpha value is -2.62. The number of hydrogen-bond acceptors (Lipinski definition) is 4. The normalized spacial score (nSPS) is 12.3. The lowest BCUT2D eigenvalue weighted by molar-refractivity contribution is -0.140. The molecule has 0 bridgehead atoms. The summed E-state index contributed by atoms with van der Waals surface area (Å²) in [6.07, 6.45) is 1.11. The molecule has 1 atom stereocenters. The van der Waals surface area contributed by atoms with Gasteiger partial charge in [0.15, 0.2) is 0 Å². The van der Waals surface area contributed by atoms with Gasteiger partial charge in [0.05, 0.1) is 5.69 Å². The van der Waals surface area contributed by atoms with Crippen LogP contribution in [0.25, 0.3) is 0 Å². The Morgan fingerprint density at radius 1 is 1.00 bits per heavy atom. The van der Waals surface area contributed by atoms with E-state index >= 15 is 0 Å². The molecule has 2 aromatic carbocycles. The molecule has 0 fully saturated rings. The smallest absolute Gasteiger partial charge is 0.304 e. The van der Waals surface area contributed by atoms with Crippen molar-refractivity contribution in [2.45, 2.75) is 39.3 Å². The summed E-state index contributed by atoms with van der Waals surface area (Å²) < 4.78 is 28.3. The fraction of sp³-hybridized carbons (Fsp3) is 0.417. The highest BCUT2D eigenvalue weighted by atomic mass is 35.5. The minimum absolute atomic E-state index is 0.0706. The van der Waals surface area contributed by atoms with Gasteiger partial charge in [0.2, 0.25) is 11.8 Å². The molecule has 0 aliphatic heterocycles. The summed E-state index contributed by atoms with van der Waals surface area (Å²) in [5.74, 6) is -0.792. The molecule has 0 heterocycles. The summed E-state index contributed by atoms with van der Waals surface area (Å²) in [5, 5.41) is 3.31. The van der Waals surface area contributed by atoms with Crippen LogP contribution in [0.15, 0.2) is 54.6 Å². The Bertz CT molecular complexity index is 1060. The van der Waals surface area contributed by atoms with Gasteiger partial charge in [-0.15, -0.1) is 0 Å². The summed E-state index contributed by atoms with van der Waals surface area (Å²) in [7, 11) is -1.16. The van der Waals surface area contributed by atoms with E-state index in [1.165, 1.54) is 19.0 Å². The standard InChI is InChI=1S/C24H33ClN4O4S/c1-5-16-26-24(31)22(6-2)28(17-19-12-10-11-15-21(19)25)23(30)18-29(34(32,33)27(3)4)20-13-8-7-9-14-20/h7-15,22H,5-6,16-18H2,1-4H3,(H,26,31)/t22-/m0/s1. The molecule has 0 spiro atoms. The van der Waals surface area contributed by atoms with E-state index in [0.717, 1.165) is 15.0 Å². The van der Waals surface area contributed by atoms with Crippen LogP contribution in [-0.2, 0) is 26.3 Å². The van der Waals surface area contributed by atoms with Crippen LogP contribution in [0, 0.1) is 0 Å². The third-order valence-electron chi connectivity index (χ3n) is 5.30. The second-order valence-electron chi connectivity index (χ2n) is 7.96. The topological polar surface area (TPSA) is 90.0 Å². The first kappa shape index (κ1) is 27.6. The van der Waals surface area contributed by atoms with Gasteiger partial charge in [-0.2, -0.15) is 12.7 Å². The van der Waals surface area contributed by atoms with Gasteiger partial charge in [-0.1, -0.05) is 61.8 Å². The predicted octanol–water partition coefficient (Wildman–Crippen LogP) is 3.29. The Labute approximate surface area is 207 Å². The van der Waals surface area contributed by atoms with E-state index in [0.29, 0.717) is 29.2 Å². The summed E-state index contributed by atoms with van der Waals surface area (Å²) in [6.45, 7) is 3.84. The monoisotopic (exact) mass is 508 g/mol. The van der Waals surface area contributed by atoms with Crippen LogP contribution >= 0.6 is 11.6 Å². The third kappa shape index (κ3) is 6.94. The number of amides is 2. The Morgan fingerprint density at radius 3 is 2.18 bits per heavy atom. The van der Waals surface area contributed by atoms with E-state index in [4.69, 9.17) is 11.6 Å². The molecular formula is C24H33ClN4O4S. The van der Waals surface area contributed by atoms with Crippen LogP contribution in [0.5, 0.6) is 0 Å². The van der Waals surface area contributed by atoms with Gasteiger partial charge >= 0.3 is 10.2 Å². The lowest BCUT2D eigenvalue weighted by Crippen LogP contribution is -2.53. The molecule has 186 valence electrons. The summed E-state index contributed by atoms with van der Waals surface area (Å²) in [4.78, 5) is 28.0. The number of hydrogen-bond donors (Lipinski definition) is 1. The molecule has 0 radical (unpaired) electrons. The van der Waals surface area contributed by atoms with Gasteiger partial charge in [-0.25, -0.2) is 4.31 Å². The highest BCUT2D eigenvalue weighted by Gasteiger charge is 2.33. The van der Waals surface area contributed by atoms with E-state index in [1.54, 1.807) is 54.6 Å². The number of nitrogens with one attached hydrogen (secondary N) is 1. The van der Waals surface area contributed by atoms with Gasteiger partial charge in [0.25, 0.3) is 0 Å². The molecule has 1 N–H and O–H groups in total. The van der Waals surface area contributed by atoms with Crippen molar-refractivity contribution < 1.29 is 18.0 Å². The lowest BCUT2D eigenvalue weighted by atomic mass is 10.1.